The van der Waals surface area contributed by atoms with Gasteiger partial charge in [0.1, 0.15) is 0 Å². The molecule has 0 aliphatic heterocycles. The number of hydrogen-bond donors (Lipinski definition) is 0. The van der Waals surface area contributed by atoms with E-state index >= 15 is 0 Å². The van der Waals surface area contributed by atoms with Crippen molar-refractivity contribution in [1.29, 1.82) is 0 Å². The Morgan fingerprint density at radius 1 is 1.14 bits per heavy atom. The molecule has 0 radical (unpaired) electrons. The maximum atomic E-state index is 6.01. The molecule has 0 spiro atoms. The Bertz CT molecular complexity index is 260. The van der Waals surface area contributed by atoms with Crippen molar-refractivity contribution in [3.63, 3.8) is 0 Å². The second kappa shape index (κ2) is 7.55. The minimum absolute atomic E-state index is 0.505. The van der Waals surface area contributed by atoms with E-state index in [0.717, 1.165) is 0 Å². The van der Waals surface area contributed by atoms with Gasteiger partial charge >= 0.3 is 19.3 Å². The molecule has 0 heterocycles. The first-order valence-corrected chi connectivity index (χ1v) is 8.35. The highest BCUT2D eigenvalue weighted by Gasteiger charge is 2.02. The van der Waals surface area contributed by atoms with E-state index in [0.29, 0.717) is 0 Å². The number of halogens is 1. The van der Waals surface area contributed by atoms with Crippen LogP contribution in [0.25, 0.3) is 0 Å². The maximum absolute atomic E-state index is 6.01. The van der Waals surface area contributed by atoms with Crippen LogP contribution in [0.4, 0.5) is 0 Å². The predicted molar refractivity (Wildman–Crippen MR) is 65.5 cm³/mol. The Balaban J connectivity index is 2.41. The summed E-state index contributed by atoms with van der Waals surface area (Å²) in [7, 11) is 6.01. The van der Waals surface area contributed by atoms with Crippen LogP contribution in [-0.2, 0) is 6.42 Å². The number of rotatable bonds is 6. The summed E-state index contributed by atoms with van der Waals surface area (Å²) in [5.74, 6) is 0. The van der Waals surface area contributed by atoms with Crippen molar-refractivity contribution in [1.82, 2.24) is 0 Å². The summed E-state index contributed by atoms with van der Waals surface area (Å²) in [6.07, 6.45) is 6.56. The summed E-state index contributed by atoms with van der Waals surface area (Å²) in [5, 5.41) is 0. The smallest absolute Gasteiger partial charge is 0.336 e. The topological polar surface area (TPSA) is 0 Å². The summed E-state index contributed by atoms with van der Waals surface area (Å²) >= 11 is -0.505. The van der Waals surface area contributed by atoms with Crippen LogP contribution in [0.3, 0.4) is 0 Å². The normalized spacial score (nSPS) is 9.86. The minimum atomic E-state index is -0.505. The minimum Gasteiger partial charge on any atom is -0.336 e. The van der Waals surface area contributed by atoms with Gasteiger partial charge in [-0.15, -0.1) is 3.69 Å². The lowest BCUT2D eigenvalue weighted by Crippen LogP contribution is -2.14. The van der Waals surface area contributed by atoms with Crippen LogP contribution in [0.1, 0.15) is 38.2 Å². The third-order valence-corrected chi connectivity index (χ3v) is 4.40. The molecule has 0 nitrogen and oxygen atoms in total. The van der Waals surface area contributed by atoms with Crippen LogP contribution in [0, 0.1) is 0 Å². The van der Waals surface area contributed by atoms with E-state index < -0.39 is 19.3 Å². The molecule has 0 saturated carbocycles. The quantitative estimate of drug-likeness (QED) is 0.510. The van der Waals surface area contributed by atoms with Crippen LogP contribution in [0.15, 0.2) is 24.3 Å². The van der Waals surface area contributed by atoms with Crippen molar-refractivity contribution in [2.75, 3.05) is 0 Å². The van der Waals surface area contributed by atoms with Crippen LogP contribution in [0.2, 0.25) is 0 Å². The second-order valence-corrected chi connectivity index (χ2v) is 5.54. The molecule has 0 amide bonds. The number of benzene rings is 1. The lowest BCUT2D eigenvalue weighted by Gasteiger charge is -2.06. The lowest BCUT2D eigenvalue weighted by atomic mass is 10.1. The Hall–Kier alpha value is 0.276. The van der Waals surface area contributed by atoms with Crippen LogP contribution >= 0.6 is 9.07 Å². The Morgan fingerprint density at radius 3 is 2.64 bits per heavy atom. The van der Waals surface area contributed by atoms with E-state index in [9.17, 15) is 0 Å². The molecule has 1 aromatic rings. The zero-order chi connectivity index (χ0) is 10.2. The van der Waals surface area contributed by atoms with Crippen LogP contribution in [-0.4, -0.2) is 19.3 Å². The van der Waals surface area contributed by atoms with Gasteiger partial charge in [-0.05, 0) is 12.8 Å². The highest BCUT2D eigenvalue weighted by molar-refractivity contribution is 7.01. The summed E-state index contributed by atoms with van der Waals surface area (Å²) in [4.78, 5) is 0. The molecular formula is C12H17ClMg. The second-order valence-electron chi connectivity index (χ2n) is 3.71. The van der Waals surface area contributed by atoms with Gasteiger partial charge in [-0.2, -0.15) is 0 Å². The molecule has 0 aromatic heterocycles. The third kappa shape index (κ3) is 4.20. The van der Waals surface area contributed by atoms with Crippen molar-refractivity contribution >= 4 is 32.0 Å². The van der Waals surface area contributed by atoms with Gasteiger partial charge in [0.15, 0.2) is 0 Å². The van der Waals surface area contributed by atoms with Crippen molar-refractivity contribution < 1.29 is 0 Å². The SMILES string of the molecule is CCCCCCc1cccc[c]1[Mg][Cl]. The molecule has 0 fully saturated rings. The van der Waals surface area contributed by atoms with Crippen LogP contribution in [0.5, 0.6) is 0 Å². The molecule has 1 rings (SSSR count). The molecule has 0 atom stereocenters. The lowest BCUT2D eigenvalue weighted by molar-refractivity contribution is 0.668. The Morgan fingerprint density at radius 2 is 1.93 bits per heavy atom. The van der Waals surface area contributed by atoms with Gasteiger partial charge in [-0.3, -0.25) is 0 Å². The summed E-state index contributed by atoms with van der Waals surface area (Å²) in [5.41, 5.74) is 1.49. The fourth-order valence-electron chi connectivity index (χ4n) is 1.67. The number of aryl methyl sites for hydroxylation is 1. The Labute approximate surface area is 101 Å². The van der Waals surface area contributed by atoms with Gasteiger partial charge in [-0.25, -0.2) is 0 Å². The van der Waals surface area contributed by atoms with E-state index in [1.54, 1.807) is 0 Å². The molecule has 74 valence electrons. The highest BCUT2D eigenvalue weighted by atomic mass is 35.5. The molecule has 1 aromatic carbocycles. The Kier molecular flexibility index (Phi) is 6.66. The van der Waals surface area contributed by atoms with E-state index in [-0.39, 0.29) is 0 Å². The zero-order valence-electron chi connectivity index (χ0n) is 8.93. The molecule has 0 unspecified atom stereocenters. The first kappa shape index (κ1) is 12.3. The third-order valence-electron chi connectivity index (χ3n) is 2.56. The van der Waals surface area contributed by atoms with Gasteiger partial charge in [0.25, 0.3) is 0 Å². The van der Waals surface area contributed by atoms with Crippen molar-refractivity contribution in [2.45, 2.75) is 39.0 Å². The largest absolute Gasteiger partial charge is 0.538 e. The summed E-state index contributed by atoms with van der Waals surface area (Å²) < 4.78 is 1.44. The molecule has 0 saturated heterocycles. The molecule has 2 heteroatoms. The monoisotopic (exact) mass is 220 g/mol. The first-order chi connectivity index (χ1) is 6.88. The van der Waals surface area contributed by atoms with Gasteiger partial charge in [-0.1, -0.05) is 56.0 Å². The predicted octanol–water partition coefficient (Wildman–Crippen LogP) is 3.29. The number of unbranched alkanes of at least 4 members (excludes halogenated alkanes) is 3. The van der Waals surface area contributed by atoms with Crippen molar-refractivity contribution in [2.24, 2.45) is 0 Å². The average molecular weight is 221 g/mol. The van der Waals surface area contributed by atoms with Gasteiger partial charge in [0.2, 0.25) is 0 Å². The van der Waals surface area contributed by atoms with E-state index in [4.69, 9.17) is 9.07 Å². The molecule has 14 heavy (non-hydrogen) atoms. The molecule has 0 N–H and O–H groups in total. The van der Waals surface area contributed by atoms with Crippen LogP contribution < -0.4 is 3.69 Å². The van der Waals surface area contributed by atoms with E-state index in [2.05, 4.69) is 31.2 Å². The summed E-state index contributed by atoms with van der Waals surface area (Å²) in [6.45, 7) is 2.25. The first-order valence-electron chi connectivity index (χ1n) is 5.51. The fraction of sp³-hybridized carbons (Fsp3) is 0.500. The highest BCUT2D eigenvalue weighted by Crippen LogP contribution is 2.06. The standard InChI is InChI=1S/C12H17.ClH.Mg/c1-2-3-4-6-9-12-10-7-5-8-11-12;;/h5,7-8,10H,2-4,6,9H2,1H3;1H;/q;;+1/p-1. The number of hydrogen-bond acceptors (Lipinski definition) is 0. The van der Waals surface area contributed by atoms with E-state index in [1.165, 1.54) is 41.4 Å². The van der Waals surface area contributed by atoms with Crippen molar-refractivity contribution in [3.05, 3.63) is 29.8 Å². The van der Waals surface area contributed by atoms with Gasteiger partial charge < -0.3 is 9.07 Å². The molecule has 0 aliphatic carbocycles. The average Bonchev–Trinajstić information content (AvgIpc) is 2.25. The van der Waals surface area contributed by atoms with E-state index in [1.807, 2.05) is 0 Å². The van der Waals surface area contributed by atoms with Gasteiger partial charge in [0, 0.05) is 0 Å². The van der Waals surface area contributed by atoms with Crippen molar-refractivity contribution in [3.8, 4) is 0 Å². The maximum Gasteiger partial charge on any atom is 0.538 e. The fourth-order valence-corrected chi connectivity index (χ4v) is 3.15. The molecule has 0 bridgehead atoms. The van der Waals surface area contributed by atoms with Gasteiger partial charge in [0.05, 0.1) is 0 Å². The molecular weight excluding hydrogens is 204 g/mol. The zero-order valence-corrected chi connectivity index (χ0v) is 11.1. The molecule has 0 aliphatic rings. The summed E-state index contributed by atoms with van der Waals surface area (Å²) in [6, 6.07) is 8.64.